The van der Waals surface area contributed by atoms with Gasteiger partial charge in [-0.25, -0.2) is 4.98 Å². The van der Waals surface area contributed by atoms with Gasteiger partial charge >= 0.3 is 0 Å². The average molecular weight is 229 g/mol. The molecule has 0 saturated carbocycles. The molecule has 0 saturated heterocycles. The highest BCUT2D eigenvalue weighted by Gasteiger charge is 2.06. The Morgan fingerprint density at radius 1 is 1.24 bits per heavy atom. The molecule has 0 aliphatic carbocycles. The number of nitrogens with two attached hydrogens (primary N) is 1. The maximum atomic E-state index is 5.90. The van der Waals surface area contributed by atoms with Crippen molar-refractivity contribution in [1.82, 2.24) is 9.55 Å². The monoisotopic (exact) mass is 229 g/mol. The highest BCUT2D eigenvalue weighted by Crippen LogP contribution is 2.12. The van der Waals surface area contributed by atoms with Crippen LogP contribution in [0.2, 0.25) is 0 Å². The molecule has 0 radical (unpaired) electrons. The molecule has 0 unspecified atom stereocenters. The predicted molar refractivity (Wildman–Crippen MR) is 69.8 cm³/mol. The van der Waals surface area contributed by atoms with Crippen LogP contribution in [0.1, 0.15) is 36.7 Å². The van der Waals surface area contributed by atoms with Crippen molar-refractivity contribution in [3.05, 3.63) is 53.6 Å². The summed E-state index contributed by atoms with van der Waals surface area (Å²) in [5.74, 6) is 0. The van der Waals surface area contributed by atoms with Crippen LogP contribution in [0.4, 0.5) is 0 Å². The Morgan fingerprint density at radius 2 is 1.88 bits per heavy atom. The van der Waals surface area contributed by atoms with Crippen LogP contribution in [0, 0.1) is 0 Å². The van der Waals surface area contributed by atoms with Gasteiger partial charge in [0, 0.05) is 18.8 Å². The first-order valence-corrected chi connectivity index (χ1v) is 6.04. The number of imidazole rings is 1. The van der Waals surface area contributed by atoms with E-state index in [1.54, 1.807) is 0 Å². The van der Waals surface area contributed by atoms with E-state index >= 15 is 0 Å². The van der Waals surface area contributed by atoms with Crippen LogP contribution in [0.15, 0.2) is 36.8 Å². The standard InChI is InChI=1S/C14H19N3/c1-3-12-4-6-13(7-5-12)9-17-10-16-8-14(17)11(2)15/h4-8,10-11H,3,9,15H2,1-2H3/t11-/m1/s1. The fraction of sp³-hybridized carbons (Fsp3) is 0.357. The summed E-state index contributed by atoms with van der Waals surface area (Å²) in [5, 5.41) is 0. The molecule has 3 nitrogen and oxygen atoms in total. The zero-order chi connectivity index (χ0) is 12.3. The number of hydrogen-bond donors (Lipinski definition) is 1. The molecule has 17 heavy (non-hydrogen) atoms. The molecule has 0 amide bonds. The Balaban J connectivity index is 2.16. The third-order valence-corrected chi connectivity index (χ3v) is 3.00. The number of aromatic nitrogens is 2. The molecule has 1 aromatic heterocycles. The van der Waals surface area contributed by atoms with E-state index in [4.69, 9.17) is 5.73 Å². The van der Waals surface area contributed by atoms with Crippen LogP contribution in [-0.2, 0) is 13.0 Å². The Kier molecular flexibility index (Phi) is 3.59. The maximum absolute atomic E-state index is 5.90. The van der Waals surface area contributed by atoms with Gasteiger partial charge in [0.05, 0.1) is 12.0 Å². The van der Waals surface area contributed by atoms with E-state index in [0.717, 1.165) is 18.7 Å². The minimum atomic E-state index is 0.0208. The number of nitrogens with zero attached hydrogens (tertiary/aromatic N) is 2. The van der Waals surface area contributed by atoms with Gasteiger partial charge in [0.25, 0.3) is 0 Å². The summed E-state index contributed by atoms with van der Waals surface area (Å²) in [7, 11) is 0. The molecule has 0 aliphatic heterocycles. The highest BCUT2D eigenvalue weighted by molar-refractivity contribution is 5.23. The molecule has 1 atom stereocenters. The van der Waals surface area contributed by atoms with Crippen molar-refractivity contribution in [2.24, 2.45) is 5.73 Å². The summed E-state index contributed by atoms with van der Waals surface area (Å²) in [4.78, 5) is 4.16. The molecule has 0 fully saturated rings. The van der Waals surface area contributed by atoms with Crippen LogP contribution in [0.25, 0.3) is 0 Å². The van der Waals surface area contributed by atoms with Crippen molar-refractivity contribution in [2.75, 3.05) is 0 Å². The molecule has 0 aliphatic rings. The van der Waals surface area contributed by atoms with Gasteiger partial charge in [0.2, 0.25) is 0 Å². The highest BCUT2D eigenvalue weighted by atomic mass is 15.1. The molecule has 2 N–H and O–H groups in total. The van der Waals surface area contributed by atoms with E-state index in [-0.39, 0.29) is 6.04 Å². The van der Waals surface area contributed by atoms with Crippen LogP contribution < -0.4 is 5.73 Å². The van der Waals surface area contributed by atoms with Gasteiger partial charge in [-0.05, 0) is 24.5 Å². The fourth-order valence-electron chi connectivity index (χ4n) is 1.92. The lowest BCUT2D eigenvalue weighted by Gasteiger charge is -2.11. The van der Waals surface area contributed by atoms with E-state index in [9.17, 15) is 0 Å². The topological polar surface area (TPSA) is 43.8 Å². The molecule has 0 spiro atoms. The van der Waals surface area contributed by atoms with Crippen LogP contribution in [0.3, 0.4) is 0 Å². The minimum Gasteiger partial charge on any atom is -0.329 e. The van der Waals surface area contributed by atoms with Gasteiger partial charge in [0.15, 0.2) is 0 Å². The number of benzene rings is 1. The largest absolute Gasteiger partial charge is 0.329 e. The number of hydrogen-bond acceptors (Lipinski definition) is 2. The first-order chi connectivity index (χ1) is 8.20. The van der Waals surface area contributed by atoms with E-state index in [0.29, 0.717) is 0 Å². The Bertz CT molecular complexity index is 468. The molecule has 1 aromatic carbocycles. The third-order valence-electron chi connectivity index (χ3n) is 3.00. The average Bonchev–Trinajstić information content (AvgIpc) is 2.78. The molecular weight excluding hydrogens is 210 g/mol. The van der Waals surface area contributed by atoms with Crippen LogP contribution in [-0.4, -0.2) is 9.55 Å². The van der Waals surface area contributed by atoms with Crippen LogP contribution in [0.5, 0.6) is 0 Å². The molecule has 1 heterocycles. The molecule has 0 bridgehead atoms. The number of aryl methyl sites for hydroxylation is 1. The molecule has 2 aromatic rings. The first kappa shape index (κ1) is 11.9. The van der Waals surface area contributed by atoms with Crippen LogP contribution >= 0.6 is 0 Å². The van der Waals surface area contributed by atoms with Gasteiger partial charge < -0.3 is 10.3 Å². The lowest BCUT2D eigenvalue weighted by atomic mass is 10.1. The molecule has 2 rings (SSSR count). The Labute approximate surface area is 102 Å². The van der Waals surface area contributed by atoms with E-state index in [1.165, 1.54) is 11.1 Å². The van der Waals surface area contributed by atoms with Crippen molar-refractivity contribution in [2.45, 2.75) is 32.9 Å². The van der Waals surface area contributed by atoms with Crippen molar-refractivity contribution >= 4 is 0 Å². The normalized spacial score (nSPS) is 12.6. The molecular formula is C14H19N3. The second-order valence-corrected chi connectivity index (χ2v) is 4.41. The van der Waals surface area contributed by atoms with Gasteiger partial charge in [-0.15, -0.1) is 0 Å². The Hall–Kier alpha value is -1.61. The lowest BCUT2D eigenvalue weighted by Crippen LogP contribution is -2.12. The molecule has 3 heteroatoms. The summed E-state index contributed by atoms with van der Waals surface area (Å²) in [6, 6.07) is 8.72. The number of rotatable bonds is 4. The first-order valence-electron chi connectivity index (χ1n) is 6.04. The lowest BCUT2D eigenvalue weighted by molar-refractivity contribution is 0.674. The van der Waals surface area contributed by atoms with Gasteiger partial charge in [-0.2, -0.15) is 0 Å². The molecule has 90 valence electrons. The van der Waals surface area contributed by atoms with Gasteiger partial charge in [0.1, 0.15) is 0 Å². The van der Waals surface area contributed by atoms with Gasteiger partial charge in [-0.1, -0.05) is 31.2 Å². The summed E-state index contributed by atoms with van der Waals surface area (Å²) < 4.78 is 2.10. The Morgan fingerprint density at radius 3 is 2.47 bits per heavy atom. The third kappa shape index (κ3) is 2.74. The van der Waals surface area contributed by atoms with Crippen molar-refractivity contribution in [1.29, 1.82) is 0 Å². The summed E-state index contributed by atoms with van der Waals surface area (Å²) >= 11 is 0. The van der Waals surface area contributed by atoms with E-state index < -0.39 is 0 Å². The van der Waals surface area contributed by atoms with E-state index in [2.05, 4.69) is 40.7 Å². The van der Waals surface area contributed by atoms with E-state index in [1.807, 2.05) is 19.4 Å². The second-order valence-electron chi connectivity index (χ2n) is 4.41. The quantitative estimate of drug-likeness (QED) is 0.875. The van der Waals surface area contributed by atoms with Gasteiger partial charge in [-0.3, -0.25) is 0 Å². The van der Waals surface area contributed by atoms with Crippen molar-refractivity contribution in [3.8, 4) is 0 Å². The predicted octanol–water partition coefficient (Wildman–Crippen LogP) is 2.51. The van der Waals surface area contributed by atoms with Crippen molar-refractivity contribution < 1.29 is 0 Å². The summed E-state index contributed by atoms with van der Waals surface area (Å²) in [6.07, 6.45) is 4.76. The smallest absolute Gasteiger partial charge is 0.0951 e. The maximum Gasteiger partial charge on any atom is 0.0951 e. The second kappa shape index (κ2) is 5.15. The summed E-state index contributed by atoms with van der Waals surface area (Å²) in [5.41, 5.74) is 9.62. The SMILES string of the molecule is CCc1ccc(Cn2cncc2[C@@H](C)N)cc1. The van der Waals surface area contributed by atoms with Crippen molar-refractivity contribution in [3.63, 3.8) is 0 Å². The zero-order valence-electron chi connectivity index (χ0n) is 10.4. The summed E-state index contributed by atoms with van der Waals surface area (Å²) in [6.45, 7) is 4.98. The zero-order valence-corrected chi connectivity index (χ0v) is 10.4. The minimum absolute atomic E-state index is 0.0208. The fourth-order valence-corrected chi connectivity index (χ4v) is 1.92.